The van der Waals surface area contributed by atoms with Gasteiger partial charge in [0.15, 0.2) is 21.6 Å². The third-order valence-corrected chi connectivity index (χ3v) is 13.1. The summed E-state index contributed by atoms with van der Waals surface area (Å²) in [5, 5.41) is 17.7. The lowest BCUT2D eigenvalue weighted by Gasteiger charge is -2.54. The van der Waals surface area contributed by atoms with Crippen LogP contribution in [0.4, 0.5) is 14.7 Å². The predicted molar refractivity (Wildman–Crippen MR) is 214 cm³/mol. The first-order valence-corrected chi connectivity index (χ1v) is 21.2. The first-order chi connectivity index (χ1) is 27.2. The number of thioether (sulfide) groups is 2. The van der Waals surface area contributed by atoms with Gasteiger partial charge in [0.05, 0.1) is 5.69 Å². The summed E-state index contributed by atoms with van der Waals surface area (Å²) in [5.74, 6) is -1.21. The molecule has 0 aliphatic carbocycles. The second-order valence-corrected chi connectivity index (χ2v) is 18.3. The average molecular weight is 854 g/mol. The van der Waals surface area contributed by atoms with E-state index in [0.29, 0.717) is 10.7 Å². The number of ether oxygens (including phenoxy) is 2. The van der Waals surface area contributed by atoms with E-state index in [2.05, 4.69) is 42.0 Å². The molecule has 4 heterocycles. The number of fused-ring (bicyclic) bond motifs is 1. The van der Waals surface area contributed by atoms with Crippen molar-refractivity contribution in [3.63, 3.8) is 0 Å². The lowest BCUT2D eigenvalue weighted by atomic mass is 9.88. The van der Waals surface area contributed by atoms with Gasteiger partial charge in [-0.05, 0) is 38.8 Å². The van der Waals surface area contributed by atoms with Crippen LogP contribution in [-0.2, 0) is 28.7 Å². The normalized spacial score (nSPS) is 19.3. The van der Waals surface area contributed by atoms with Crippen molar-refractivity contribution >= 4 is 87.6 Å². The summed E-state index contributed by atoms with van der Waals surface area (Å²) < 4.78 is 12.2. The van der Waals surface area contributed by atoms with Crippen molar-refractivity contribution in [2.75, 3.05) is 23.4 Å². The topological polar surface area (TPSA) is 223 Å². The molecule has 0 saturated carbocycles. The van der Waals surface area contributed by atoms with Crippen LogP contribution in [-0.4, -0.2) is 91.5 Å². The predicted octanol–water partition coefficient (Wildman–Crippen LogP) is 4.16. The van der Waals surface area contributed by atoms with Gasteiger partial charge in [-0.25, -0.2) is 25.4 Å². The lowest BCUT2D eigenvalue weighted by molar-refractivity contribution is -0.164. The fourth-order valence-corrected chi connectivity index (χ4v) is 10.2. The van der Waals surface area contributed by atoms with Gasteiger partial charge < -0.3 is 30.3 Å². The number of benzene rings is 2. The van der Waals surface area contributed by atoms with Gasteiger partial charge in [0, 0.05) is 23.4 Å². The van der Waals surface area contributed by atoms with Crippen LogP contribution < -0.4 is 26.8 Å². The molecule has 2 fully saturated rings. The molecule has 5 N–H and O–H groups in total. The Kier molecular flexibility index (Phi) is 13.0. The highest BCUT2D eigenvalue weighted by atomic mass is 32.2. The summed E-state index contributed by atoms with van der Waals surface area (Å²) in [6.45, 7) is 6.79. The Hall–Kier alpha value is -5.25. The number of hydrogen-bond acceptors (Lipinski definition) is 15. The number of carbonyl (C=O) groups is 6. The second-order valence-electron chi connectivity index (χ2n) is 13.9. The van der Waals surface area contributed by atoms with Crippen LogP contribution in [0.2, 0.25) is 0 Å². The zero-order valence-electron chi connectivity index (χ0n) is 31.0. The molecule has 2 aromatic carbocycles. The molecule has 17 nitrogen and oxygen atoms in total. The number of rotatable bonds is 13. The molecule has 6 rings (SSSR count). The number of aromatic nitrogens is 3. The maximum absolute atomic E-state index is 14.5. The highest BCUT2D eigenvalue weighted by molar-refractivity contribution is 8.01. The highest BCUT2D eigenvalue weighted by Crippen LogP contribution is 2.46. The van der Waals surface area contributed by atoms with Crippen molar-refractivity contribution in [1.82, 2.24) is 41.6 Å². The minimum absolute atomic E-state index is 0.0169. The van der Waals surface area contributed by atoms with E-state index < -0.39 is 64.5 Å². The molecule has 0 bridgehead atoms. The summed E-state index contributed by atoms with van der Waals surface area (Å²) in [6.07, 6.45) is -1.23. The summed E-state index contributed by atoms with van der Waals surface area (Å²) in [6, 6.07) is 15.4. The number of hydrazine groups is 1. The first kappa shape index (κ1) is 41.4. The van der Waals surface area contributed by atoms with Crippen molar-refractivity contribution in [2.45, 2.75) is 61.2 Å². The molecule has 2 aliphatic heterocycles. The number of urea groups is 1. The van der Waals surface area contributed by atoms with Gasteiger partial charge in [0.25, 0.3) is 0 Å². The van der Waals surface area contributed by atoms with Crippen molar-refractivity contribution in [1.29, 1.82) is 0 Å². The Labute approximate surface area is 343 Å². The van der Waals surface area contributed by atoms with Crippen LogP contribution in [0.3, 0.4) is 0 Å². The van der Waals surface area contributed by atoms with Crippen LogP contribution >= 0.6 is 46.2 Å². The molecule has 0 spiro atoms. The molecule has 0 radical (unpaired) electrons. The maximum Gasteiger partial charge on any atom is 0.426 e. The number of nitrogens with zero attached hydrogens (tertiary/aromatic N) is 4. The van der Waals surface area contributed by atoms with E-state index in [1.165, 1.54) is 40.2 Å². The number of thiazole rings is 1. The fraction of sp³-hybridized carbons (Fsp3) is 0.361. The molecule has 6 amide bonds. The summed E-state index contributed by atoms with van der Waals surface area (Å²) in [4.78, 5) is 83.9. The number of anilines is 1. The molecule has 21 heteroatoms. The summed E-state index contributed by atoms with van der Waals surface area (Å²) >= 11 is 5.10. The lowest BCUT2D eigenvalue weighted by Crippen LogP contribution is -2.74. The van der Waals surface area contributed by atoms with Gasteiger partial charge in [-0.2, -0.15) is 0 Å². The molecular weight excluding hydrogens is 815 g/mol. The first-order valence-electron chi connectivity index (χ1n) is 17.4. The molecule has 4 atom stereocenters. The largest absolute Gasteiger partial charge is 0.452 e. The Morgan fingerprint density at radius 2 is 1.72 bits per heavy atom. The van der Waals surface area contributed by atoms with Crippen LogP contribution in [0.5, 0.6) is 0 Å². The smallest absolute Gasteiger partial charge is 0.426 e. The maximum atomic E-state index is 14.5. The second kappa shape index (κ2) is 17.9. The van der Waals surface area contributed by atoms with Crippen molar-refractivity contribution < 1.29 is 38.2 Å². The number of hydrogen-bond donors (Lipinski definition) is 5. The average Bonchev–Trinajstić information content (AvgIpc) is 3.84. The Morgan fingerprint density at radius 1 is 1.04 bits per heavy atom. The van der Waals surface area contributed by atoms with Gasteiger partial charge in [-0.15, -0.1) is 33.3 Å². The van der Waals surface area contributed by atoms with E-state index >= 15 is 0 Å². The monoisotopic (exact) mass is 853 g/mol. The van der Waals surface area contributed by atoms with Crippen LogP contribution in [0.15, 0.2) is 70.4 Å². The standard InChI is InChI=1S/C36H39N9O8S4/c1-20-41-44-34(57-20)56-18-36(30(49)52-26(21-11-7-5-8-12-21)22-13-9-6-10-14-22)16-45-28(48)25(29(45)55-17-36)39-27(47)24(23-15-54-32(38-23)37-19-46)40-31(50)42-43-33(51)53-35(2,3)4/h5-15,19,24-26,29H,16-18H2,1-4H3,(H,39,47)(H,43,51)(H,37,38,46)(H2,40,42,50)/t24?,25?,29-,36?/m1/s1. The van der Waals surface area contributed by atoms with E-state index in [4.69, 9.17) is 9.47 Å². The van der Waals surface area contributed by atoms with Crippen molar-refractivity contribution in [3.8, 4) is 0 Å². The Morgan fingerprint density at radius 3 is 2.33 bits per heavy atom. The number of amides is 6. The van der Waals surface area contributed by atoms with Gasteiger partial charge in [-0.1, -0.05) is 83.8 Å². The van der Waals surface area contributed by atoms with E-state index in [-0.39, 0.29) is 28.9 Å². The minimum Gasteiger partial charge on any atom is -0.452 e. The number of aryl methyl sites for hydroxylation is 1. The van der Waals surface area contributed by atoms with Gasteiger partial charge in [0.2, 0.25) is 18.2 Å². The minimum atomic E-state index is -1.45. The van der Waals surface area contributed by atoms with Crippen LogP contribution in [0.1, 0.15) is 54.7 Å². The SMILES string of the molecule is Cc1nnc(SCC2(C(=O)OC(c3ccccc3)c3ccccc3)CS[C@@H]3C(NC(=O)C(NC(=O)NNC(=O)OC(C)(C)C)c4csc(NC=O)n4)C(=O)N3C2)s1. The quantitative estimate of drug-likeness (QED) is 0.0420. The Bertz CT molecular complexity index is 2060. The molecule has 2 aromatic heterocycles. The van der Waals surface area contributed by atoms with E-state index in [1.54, 1.807) is 25.7 Å². The Balaban J connectivity index is 1.18. The fourth-order valence-electron chi connectivity index (χ4n) is 5.87. The van der Waals surface area contributed by atoms with E-state index in [0.717, 1.165) is 27.5 Å². The van der Waals surface area contributed by atoms with Gasteiger partial charge >= 0.3 is 18.1 Å². The van der Waals surface area contributed by atoms with E-state index in [1.807, 2.05) is 67.6 Å². The highest BCUT2D eigenvalue weighted by Gasteiger charge is 2.58. The third kappa shape index (κ3) is 10.2. The van der Waals surface area contributed by atoms with E-state index in [9.17, 15) is 28.8 Å². The molecule has 2 aliphatic rings. The third-order valence-electron chi connectivity index (χ3n) is 8.50. The van der Waals surface area contributed by atoms with Crippen molar-refractivity contribution in [3.05, 3.63) is 87.9 Å². The number of esters is 1. The van der Waals surface area contributed by atoms with Crippen LogP contribution in [0.25, 0.3) is 0 Å². The molecule has 3 unspecified atom stereocenters. The molecule has 4 aromatic rings. The number of β-lactam (4-membered cyclic amide) rings is 1. The van der Waals surface area contributed by atoms with Crippen LogP contribution in [0, 0.1) is 12.3 Å². The van der Waals surface area contributed by atoms with Gasteiger partial charge in [-0.3, -0.25) is 19.2 Å². The van der Waals surface area contributed by atoms with Gasteiger partial charge in [0.1, 0.15) is 27.4 Å². The number of carbonyl (C=O) groups excluding carboxylic acids is 6. The molecule has 300 valence electrons. The molecular formula is C36H39N9O8S4. The zero-order valence-corrected chi connectivity index (χ0v) is 34.3. The zero-order chi connectivity index (χ0) is 40.7. The summed E-state index contributed by atoms with van der Waals surface area (Å²) in [5.41, 5.74) is 3.85. The summed E-state index contributed by atoms with van der Waals surface area (Å²) in [7, 11) is 0. The van der Waals surface area contributed by atoms with Crippen molar-refractivity contribution in [2.24, 2.45) is 5.41 Å². The molecule has 2 saturated heterocycles. The molecule has 57 heavy (non-hydrogen) atoms. The number of nitrogens with one attached hydrogen (secondary N) is 5.